The molecule has 1 aliphatic rings. The van der Waals surface area contributed by atoms with E-state index in [4.69, 9.17) is 9.47 Å². The van der Waals surface area contributed by atoms with Gasteiger partial charge in [0.05, 0.1) is 18.3 Å². The number of allylic oxidation sites excluding steroid dienone is 1. The van der Waals surface area contributed by atoms with Crippen molar-refractivity contribution in [3.63, 3.8) is 0 Å². The molecule has 0 heterocycles. The maximum absolute atomic E-state index is 12.0. The van der Waals surface area contributed by atoms with Crippen LogP contribution in [0.1, 0.15) is 61.9 Å². The number of hydrogen-bond acceptors (Lipinski definition) is 5. The first-order valence-corrected chi connectivity index (χ1v) is 10.1. The van der Waals surface area contributed by atoms with Gasteiger partial charge in [0.2, 0.25) is 0 Å². The molecule has 0 spiro atoms. The molecule has 0 unspecified atom stereocenters. The van der Waals surface area contributed by atoms with Crippen molar-refractivity contribution in [1.29, 1.82) is 0 Å². The topological polar surface area (TPSA) is 93.7 Å². The van der Waals surface area contributed by atoms with E-state index < -0.39 is 24.5 Å². The number of rotatable bonds is 9. The fraction of sp³-hybridized carbons (Fsp3) is 0.500. The van der Waals surface area contributed by atoms with Crippen LogP contribution in [0.5, 0.6) is 0 Å². The minimum Gasteiger partial charge on any atom is -0.452 e. The molecule has 0 radical (unpaired) electrons. The van der Waals surface area contributed by atoms with Crippen LogP contribution in [-0.2, 0) is 20.9 Å². The van der Waals surface area contributed by atoms with Crippen molar-refractivity contribution in [1.82, 2.24) is 10.6 Å². The van der Waals surface area contributed by atoms with Crippen LogP contribution in [0.15, 0.2) is 35.9 Å². The van der Waals surface area contributed by atoms with Crippen LogP contribution >= 0.6 is 0 Å². The summed E-state index contributed by atoms with van der Waals surface area (Å²) in [5.41, 5.74) is 2.61. The summed E-state index contributed by atoms with van der Waals surface area (Å²) in [6, 6.07) is 6.19. The second kappa shape index (κ2) is 12.0. The van der Waals surface area contributed by atoms with Crippen molar-refractivity contribution in [2.75, 3.05) is 13.2 Å². The lowest BCUT2D eigenvalue weighted by Crippen LogP contribution is -2.41. The molecular weight excluding hydrogens is 372 g/mol. The number of esters is 1. The minimum absolute atomic E-state index is 0.125. The summed E-state index contributed by atoms with van der Waals surface area (Å²) < 4.78 is 10.5. The summed E-state index contributed by atoms with van der Waals surface area (Å²) in [7, 11) is 0. The monoisotopic (exact) mass is 402 g/mol. The number of urea groups is 1. The summed E-state index contributed by atoms with van der Waals surface area (Å²) in [4.78, 5) is 35.5. The Hall–Kier alpha value is -2.67. The third-order valence-corrected chi connectivity index (χ3v) is 4.48. The van der Waals surface area contributed by atoms with Gasteiger partial charge in [0, 0.05) is 6.54 Å². The number of nitrogens with one attached hydrogen (secondary N) is 2. The molecule has 1 aromatic rings. The second-order valence-corrected chi connectivity index (χ2v) is 7.30. The molecule has 2 rings (SSSR count). The standard InChI is InChI=1S/C22H30N2O5/c1-16(2)28-14-18-8-10-19(11-9-18)21(26)29-15-20(25)24-22(27)23-13-12-17-6-4-3-5-7-17/h6,8-11,16H,3-5,7,12-15H2,1-2H3,(H2,23,24,25,27). The van der Waals surface area contributed by atoms with Gasteiger partial charge in [0.15, 0.2) is 6.61 Å². The molecule has 2 N–H and O–H groups in total. The Morgan fingerprint density at radius 2 is 1.86 bits per heavy atom. The van der Waals surface area contributed by atoms with Crippen LogP contribution in [0.4, 0.5) is 4.79 Å². The fourth-order valence-electron chi connectivity index (χ4n) is 2.89. The first-order chi connectivity index (χ1) is 13.9. The minimum atomic E-state index is -0.672. The smallest absolute Gasteiger partial charge is 0.338 e. The maximum atomic E-state index is 12.0. The molecule has 1 aromatic carbocycles. The highest BCUT2D eigenvalue weighted by Crippen LogP contribution is 2.19. The normalized spacial score (nSPS) is 13.6. The van der Waals surface area contributed by atoms with E-state index in [0.29, 0.717) is 18.7 Å². The zero-order valence-corrected chi connectivity index (χ0v) is 17.2. The van der Waals surface area contributed by atoms with Crippen LogP contribution in [0.3, 0.4) is 0 Å². The van der Waals surface area contributed by atoms with E-state index in [9.17, 15) is 14.4 Å². The van der Waals surface area contributed by atoms with Crippen molar-refractivity contribution in [2.24, 2.45) is 0 Å². The third kappa shape index (κ3) is 8.91. The number of carbonyl (C=O) groups excluding carboxylic acids is 3. The summed E-state index contributed by atoms with van der Waals surface area (Å²) in [6.45, 7) is 4.31. The molecule has 7 heteroatoms. The molecule has 0 aliphatic heterocycles. The van der Waals surface area contributed by atoms with E-state index in [1.807, 2.05) is 13.8 Å². The zero-order chi connectivity index (χ0) is 21.1. The first kappa shape index (κ1) is 22.6. The lowest BCUT2D eigenvalue weighted by molar-refractivity contribution is -0.123. The van der Waals surface area contributed by atoms with E-state index >= 15 is 0 Å². The number of imide groups is 1. The Morgan fingerprint density at radius 3 is 2.52 bits per heavy atom. The summed E-state index contributed by atoms with van der Waals surface area (Å²) in [6.07, 6.45) is 7.72. The van der Waals surface area contributed by atoms with Crippen molar-refractivity contribution < 1.29 is 23.9 Å². The lowest BCUT2D eigenvalue weighted by atomic mass is 9.97. The van der Waals surface area contributed by atoms with Crippen LogP contribution in [0.2, 0.25) is 0 Å². The highest BCUT2D eigenvalue weighted by Gasteiger charge is 2.13. The molecule has 0 fully saturated rings. The summed E-state index contributed by atoms with van der Waals surface area (Å²) in [5.74, 6) is -1.30. The Balaban J connectivity index is 1.65. The Kier molecular flexibility index (Phi) is 9.37. The summed E-state index contributed by atoms with van der Waals surface area (Å²) >= 11 is 0. The maximum Gasteiger partial charge on any atom is 0.338 e. The SMILES string of the molecule is CC(C)OCc1ccc(C(=O)OCC(=O)NC(=O)NCCC2=CCCCC2)cc1. The van der Waals surface area contributed by atoms with Crippen molar-refractivity contribution >= 4 is 17.9 Å². The molecule has 7 nitrogen and oxygen atoms in total. The van der Waals surface area contributed by atoms with Gasteiger partial charge in [-0.05, 0) is 63.6 Å². The van der Waals surface area contributed by atoms with E-state index in [2.05, 4.69) is 16.7 Å². The zero-order valence-electron chi connectivity index (χ0n) is 17.2. The van der Waals surface area contributed by atoms with Gasteiger partial charge in [-0.15, -0.1) is 0 Å². The average molecular weight is 402 g/mol. The fourth-order valence-corrected chi connectivity index (χ4v) is 2.89. The summed E-state index contributed by atoms with van der Waals surface area (Å²) in [5, 5.41) is 4.80. The second-order valence-electron chi connectivity index (χ2n) is 7.30. The van der Waals surface area contributed by atoms with Gasteiger partial charge in [-0.3, -0.25) is 10.1 Å². The number of benzene rings is 1. The van der Waals surface area contributed by atoms with Crippen molar-refractivity contribution in [3.05, 3.63) is 47.0 Å². The van der Waals surface area contributed by atoms with Crippen LogP contribution in [-0.4, -0.2) is 37.2 Å². The number of ether oxygens (including phenoxy) is 2. The number of amides is 3. The quantitative estimate of drug-likeness (QED) is 0.487. The van der Waals surface area contributed by atoms with Gasteiger partial charge in [-0.2, -0.15) is 0 Å². The van der Waals surface area contributed by atoms with Gasteiger partial charge in [-0.1, -0.05) is 23.8 Å². The van der Waals surface area contributed by atoms with Crippen molar-refractivity contribution in [3.8, 4) is 0 Å². The van der Waals surface area contributed by atoms with E-state index in [-0.39, 0.29) is 6.10 Å². The third-order valence-electron chi connectivity index (χ3n) is 4.48. The van der Waals surface area contributed by atoms with Crippen molar-refractivity contribution in [2.45, 2.75) is 58.7 Å². The largest absolute Gasteiger partial charge is 0.452 e. The molecule has 0 saturated heterocycles. The Bertz CT molecular complexity index is 725. The highest BCUT2D eigenvalue weighted by atomic mass is 16.5. The van der Waals surface area contributed by atoms with E-state index in [1.54, 1.807) is 24.3 Å². The molecule has 0 atom stereocenters. The lowest BCUT2D eigenvalue weighted by Gasteiger charge is -2.13. The van der Waals surface area contributed by atoms with Crippen LogP contribution in [0.25, 0.3) is 0 Å². The average Bonchev–Trinajstić information content (AvgIpc) is 2.71. The van der Waals surface area contributed by atoms with Gasteiger partial charge < -0.3 is 14.8 Å². The van der Waals surface area contributed by atoms with E-state index in [1.165, 1.54) is 18.4 Å². The van der Waals surface area contributed by atoms with E-state index in [0.717, 1.165) is 24.8 Å². The first-order valence-electron chi connectivity index (χ1n) is 10.1. The molecule has 0 aromatic heterocycles. The Morgan fingerprint density at radius 1 is 1.10 bits per heavy atom. The predicted octanol–water partition coefficient (Wildman–Crippen LogP) is 3.48. The van der Waals surface area contributed by atoms with Gasteiger partial charge in [0.25, 0.3) is 5.91 Å². The molecule has 0 bridgehead atoms. The van der Waals surface area contributed by atoms with Gasteiger partial charge in [0.1, 0.15) is 0 Å². The number of hydrogen-bond donors (Lipinski definition) is 2. The number of carbonyl (C=O) groups is 3. The molecule has 3 amide bonds. The molecule has 1 aliphatic carbocycles. The van der Waals surface area contributed by atoms with Gasteiger partial charge >= 0.3 is 12.0 Å². The van der Waals surface area contributed by atoms with Crippen LogP contribution in [0, 0.1) is 0 Å². The van der Waals surface area contributed by atoms with Gasteiger partial charge in [-0.25, -0.2) is 9.59 Å². The molecule has 0 saturated carbocycles. The molecule has 29 heavy (non-hydrogen) atoms. The Labute approximate surface area is 171 Å². The molecule has 158 valence electrons. The molecular formula is C22H30N2O5. The van der Waals surface area contributed by atoms with Crippen LogP contribution < -0.4 is 10.6 Å². The predicted molar refractivity (Wildman–Crippen MR) is 109 cm³/mol. The highest BCUT2D eigenvalue weighted by molar-refractivity contribution is 5.97.